The van der Waals surface area contributed by atoms with Crippen LogP contribution in [-0.2, 0) is 19.1 Å². The van der Waals surface area contributed by atoms with E-state index in [0.29, 0.717) is 25.7 Å². The molecule has 1 saturated carbocycles. The van der Waals surface area contributed by atoms with Crippen LogP contribution in [0.15, 0.2) is 0 Å². The topological polar surface area (TPSA) is 76.4 Å². The minimum Gasteiger partial charge on any atom is -0.465 e. The van der Waals surface area contributed by atoms with Crippen LogP contribution < -0.4 is 0 Å². The number of nitriles is 1. The fourth-order valence-corrected chi connectivity index (χ4v) is 2.21. The summed E-state index contributed by atoms with van der Waals surface area (Å²) in [6, 6.07) is 2.05. The Morgan fingerprint density at radius 3 is 2.28 bits per heavy atom. The van der Waals surface area contributed by atoms with Crippen LogP contribution in [0.3, 0.4) is 0 Å². The van der Waals surface area contributed by atoms with Crippen molar-refractivity contribution in [3.63, 3.8) is 0 Å². The maximum Gasteiger partial charge on any atom is 0.323 e. The molecule has 0 saturated heterocycles. The van der Waals surface area contributed by atoms with Crippen LogP contribution >= 0.6 is 0 Å². The molecule has 5 nitrogen and oxygen atoms in total. The predicted molar refractivity (Wildman–Crippen MR) is 63.3 cm³/mol. The van der Waals surface area contributed by atoms with Crippen LogP contribution in [0.1, 0.15) is 39.5 Å². The highest BCUT2D eigenvalue weighted by molar-refractivity contribution is 6.03. The number of hydrogen-bond acceptors (Lipinski definition) is 5. The van der Waals surface area contributed by atoms with Gasteiger partial charge in [0.15, 0.2) is 5.41 Å². The summed E-state index contributed by atoms with van der Waals surface area (Å²) >= 11 is 0. The summed E-state index contributed by atoms with van der Waals surface area (Å²) in [7, 11) is 0. The van der Waals surface area contributed by atoms with E-state index in [2.05, 4.69) is 6.07 Å². The first kappa shape index (κ1) is 14.5. The van der Waals surface area contributed by atoms with Crippen molar-refractivity contribution < 1.29 is 19.1 Å². The summed E-state index contributed by atoms with van der Waals surface area (Å²) < 4.78 is 9.94. The van der Waals surface area contributed by atoms with Crippen molar-refractivity contribution in [1.29, 1.82) is 5.26 Å². The van der Waals surface area contributed by atoms with E-state index in [4.69, 9.17) is 14.7 Å². The average molecular weight is 253 g/mol. The van der Waals surface area contributed by atoms with E-state index in [0.717, 1.165) is 0 Å². The summed E-state index contributed by atoms with van der Waals surface area (Å²) in [5.74, 6) is -1.00. The Morgan fingerprint density at radius 2 is 1.83 bits per heavy atom. The summed E-state index contributed by atoms with van der Waals surface area (Å²) in [6.07, 6.45) is 2.31. The highest BCUT2D eigenvalue weighted by Crippen LogP contribution is 2.56. The SMILES string of the molecule is CCOC(=O)C1(C(=O)OCC)CC1CCCC#N. The molecule has 0 radical (unpaired) electrons. The van der Waals surface area contributed by atoms with E-state index in [-0.39, 0.29) is 19.1 Å². The zero-order valence-corrected chi connectivity index (χ0v) is 10.9. The van der Waals surface area contributed by atoms with Crippen molar-refractivity contribution in [2.75, 3.05) is 13.2 Å². The lowest BCUT2D eigenvalue weighted by Gasteiger charge is -2.14. The lowest BCUT2D eigenvalue weighted by atomic mass is 10.0. The minimum atomic E-state index is -1.10. The summed E-state index contributed by atoms with van der Waals surface area (Å²) in [5, 5.41) is 8.48. The van der Waals surface area contributed by atoms with E-state index >= 15 is 0 Å². The van der Waals surface area contributed by atoms with Crippen molar-refractivity contribution in [2.45, 2.75) is 39.5 Å². The predicted octanol–water partition coefficient (Wildman–Crippen LogP) is 1.81. The van der Waals surface area contributed by atoms with Gasteiger partial charge in [0.1, 0.15) is 0 Å². The van der Waals surface area contributed by atoms with Crippen LogP contribution in [0.25, 0.3) is 0 Å². The van der Waals surface area contributed by atoms with Crippen molar-refractivity contribution in [3.05, 3.63) is 0 Å². The largest absolute Gasteiger partial charge is 0.465 e. The van der Waals surface area contributed by atoms with Gasteiger partial charge in [-0.05, 0) is 39.0 Å². The molecule has 1 fully saturated rings. The Kier molecular flexibility index (Phi) is 5.14. The van der Waals surface area contributed by atoms with Crippen molar-refractivity contribution in [3.8, 4) is 6.07 Å². The van der Waals surface area contributed by atoms with Gasteiger partial charge in [-0.3, -0.25) is 9.59 Å². The molecular weight excluding hydrogens is 234 g/mol. The first-order valence-electron chi connectivity index (χ1n) is 6.34. The molecule has 1 unspecified atom stereocenters. The summed E-state index contributed by atoms with van der Waals surface area (Å²) in [4.78, 5) is 23.8. The molecular formula is C13H19NO4. The monoisotopic (exact) mass is 253 g/mol. The number of nitrogens with zero attached hydrogens (tertiary/aromatic N) is 1. The van der Waals surface area contributed by atoms with E-state index in [1.54, 1.807) is 13.8 Å². The van der Waals surface area contributed by atoms with Crippen LogP contribution in [0, 0.1) is 22.7 Å². The molecule has 18 heavy (non-hydrogen) atoms. The molecule has 0 N–H and O–H groups in total. The van der Waals surface area contributed by atoms with Crippen molar-refractivity contribution in [1.82, 2.24) is 0 Å². The Balaban J connectivity index is 2.65. The van der Waals surface area contributed by atoms with E-state index in [1.165, 1.54) is 0 Å². The number of carbonyl (C=O) groups is 2. The van der Waals surface area contributed by atoms with Gasteiger partial charge in [-0.15, -0.1) is 0 Å². The molecule has 0 bridgehead atoms. The number of esters is 2. The van der Waals surface area contributed by atoms with Crippen LogP contribution in [0.2, 0.25) is 0 Å². The molecule has 0 aromatic rings. The maximum atomic E-state index is 11.9. The second kappa shape index (κ2) is 6.39. The smallest absolute Gasteiger partial charge is 0.323 e. The molecule has 0 spiro atoms. The molecule has 0 amide bonds. The molecule has 0 aromatic heterocycles. The van der Waals surface area contributed by atoms with Crippen LogP contribution in [-0.4, -0.2) is 25.2 Å². The number of ether oxygens (including phenoxy) is 2. The highest BCUT2D eigenvalue weighted by atomic mass is 16.6. The van der Waals surface area contributed by atoms with Gasteiger partial charge < -0.3 is 9.47 Å². The quantitative estimate of drug-likeness (QED) is 0.393. The van der Waals surface area contributed by atoms with Crippen LogP contribution in [0.4, 0.5) is 0 Å². The lowest BCUT2D eigenvalue weighted by molar-refractivity contribution is -0.165. The average Bonchev–Trinajstić information content (AvgIpc) is 3.06. The molecule has 100 valence electrons. The van der Waals surface area contributed by atoms with Gasteiger partial charge in [0.2, 0.25) is 0 Å². The number of hydrogen-bond donors (Lipinski definition) is 0. The maximum absolute atomic E-state index is 11.9. The van der Waals surface area contributed by atoms with E-state index in [9.17, 15) is 9.59 Å². The second-order valence-electron chi connectivity index (χ2n) is 4.36. The normalized spacial score (nSPS) is 19.7. The third-order valence-electron chi connectivity index (χ3n) is 3.23. The molecule has 0 aromatic carbocycles. The molecule has 1 aliphatic rings. The Bertz CT molecular complexity index is 340. The molecule has 0 aliphatic heterocycles. The minimum absolute atomic E-state index is 0.0380. The molecule has 0 heterocycles. The molecule has 1 atom stereocenters. The lowest BCUT2D eigenvalue weighted by Crippen LogP contribution is -2.32. The molecule has 1 rings (SSSR count). The zero-order valence-electron chi connectivity index (χ0n) is 10.9. The number of carbonyl (C=O) groups excluding carboxylic acids is 2. The Hall–Kier alpha value is -1.57. The van der Waals surface area contributed by atoms with Gasteiger partial charge in [-0.25, -0.2) is 0 Å². The van der Waals surface area contributed by atoms with Crippen molar-refractivity contribution in [2.24, 2.45) is 11.3 Å². The summed E-state index contributed by atoms with van der Waals surface area (Å²) in [6.45, 7) is 3.93. The zero-order chi connectivity index (χ0) is 13.6. The van der Waals surface area contributed by atoms with Crippen molar-refractivity contribution >= 4 is 11.9 Å². The number of unbranched alkanes of at least 4 members (excludes halogenated alkanes) is 1. The fraction of sp³-hybridized carbons (Fsp3) is 0.769. The van der Waals surface area contributed by atoms with E-state index < -0.39 is 17.4 Å². The van der Waals surface area contributed by atoms with Crippen LogP contribution in [0.5, 0.6) is 0 Å². The third kappa shape index (κ3) is 2.81. The standard InChI is InChI=1S/C13H19NO4/c1-3-17-11(15)13(12(16)18-4-2)9-10(13)7-5-6-8-14/h10H,3-7,9H2,1-2H3. The van der Waals surface area contributed by atoms with Gasteiger partial charge >= 0.3 is 11.9 Å². The number of rotatable bonds is 7. The fourth-order valence-electron chi connectivity index (χ4n) is 2.21. The van der Waals surface area contributed by atoms with Gasteiger partial charge in [0, 0.05) is 6.42 Å². The molecule has 5 heteroatoms. The first-order valence-corrected chi connectivity index (χ1v) is 6.34. The van der Waals surface area contributed by atoms with E-state index in [1.807, 2.05) is 0 Å². The van der Waals surface area contributed by atoms with Gasteiger partial charge in [-0.2, -0.15) is 5.26 Å². The highest BCUT2D eigenvalue weighted by Gasteiger charge is 2.67. The van der Waals surface area contributed by atoms with Gasteiger partial charge in [0.25, 0.3) is 0 Å². The Labute approximate surface area is 107 Å². The second-order valence-corrected chi connectivity index (χ2v) is 4.36. The third-order valence-corrected chi connectivity index (χ3v) is 3.23. The first-order chi connectivity index (χ1) is 8.63. The Morgan fingerprint density at radius 1 is 1.28 bits per heavy atom. The molecule has 1 aliphatic carbocycles. The summed E-state index contributed by atoms with van der Waals surface area (Å²) in [5.41, 5.74) is -1.10. The van der Waals surface area contributed by atoms with Gasteiger partial charge in [0.05, 0.1) is 19.3 Å². The van der Waals surface area contributed by atoms with Gasteiger partial charge in [-0.1, -0.05) is 0 Å².